The Morgan fingerprint density at radius 1 is 1.31 bits per heavy atom. The number of carbonyl (C=O) groups is 1. The summed E-state index contributed by atoms with van der Waals surface area (Å²) in [6, 6.07) is 2.25. The summed E-state index contributed by atoms with van der Waals surface area (Å²) in [5, 5.41) is 5.04. The zero-order chi connectivity index (χ0) is 17.8. The molecule has 0 bridgehead atoms. The van der Waals surface area contributed by atoms with Gasteiger partial charge < -0.3 is 15.2 Å². The number of nitrogens with zero attached hydrogens (tertiary/aromatic N) is 3. The summed E-state index contributed by atoms with van der Waals surface area (Å²) in [6.45, 7) is 3.72. The molecular weight excluding hydrogens is 328 g/mol. The molecule has 1 aliphatic heterocycles. The molecule has 6 nitrogen and oxygen atoms in total. The molecule has 0 aromatic carbocycles. The second-order valence-electron chi connectivity index (χ2n) is 8.30. The maximum Gasteiger partial charge on any atom is 0.259 e. The summed E-state index contributed by atoms with van der Waals surface area (Å²) >= 11 is 0. The van der Waals surface area contributed by atoms with E-state index in [2.05, 4.69) is 17.1 Å². The first-order valence-electron chi connectivity index (χ1n) is 9.99. The number of amides is 1. The number of hydrogen-bond acceptors (Lipinski definition) is 5. The van der Waals surface area contributed by atoms with Gasteiger partial charge in [0.1, 0.15) is 0 Å². The van der Waals surface area contributed by atoms with Gasteiger partial charge in [-0.2, -0.15) is 0 Å². The Hall–Kier alpha value is -1.95. The van der Waals surface area contributed by atoms with Crippen molar-refractivity contribution >= 4 is 17.0 Å². The molecule has 2 aliphatic carbocycles. The van der Waals surface area contributed by atoms with Crippen molar-refractivity contribution in [2.24, 2.45) is 17.6 Å². The summed E-state index contributed by atoms with van der Waals surface area (Å²) in [5.74, 6) is 1.59. The Balaban J connectivity index is 1.54. The molecule has 3 heterocycles. The number of nitrogens with two attached hydrogens (primary N) is 1. The molecule has 1 amide bonds. The molecule has 6 heteroatoms. The van der Waals surface area contributed by atoms with E-state index >= 15 is 0 Å². The highest BCUT2D eigenvalue weighted by molar-refractivity contribution is 6.06. The van der Waals surface area contributed by atoms with Gasteiger partial charge in [-0.1, -0.05) is 18.5 Å². The van der Waals surface area contributed by atoms with E-state index in [0.29, 0.717) is 23.5 Å². The average molecular weight is 354 g/mol. The van der Waals surface area contributed by atoms with Gasteiger partial charge in [0.25, 0.3) is 11.6 Å². The van der Waals surface area contributed by atoms with E-state index in [1.54, 1.807) is 0 Å². The summed E-state index contributed by atoms with van der Waals surface area (Å²) in [7, 11) is 0. The van der Waals surface area contributed by atoms with Gasteiger partial charge in [-0.25, -0.2) is 4.98 Å². The van der Waals surface area contributed by atoms with Crippen LogP contribution in [0.25, 0.3) is 11.1 Å². The van der Waals surface area contributed by atoms with Crippen LogP contribution < -0.4 is 5.73 Å². The third-order valence-electron chi connectivity index (χ3n) is 6.45. The first kappa shape index (κ1) is 16.2. The van der Waals surface area contributed by atoms with Crippen LogP contribution in [0.5, 0.6) is 0 Å². The monoisotopic (exact) mass is 354 g/mol. The fourth-order valence-electron chi connectivity index (χ4n) is 4.84. The second kappa shape index (κ2) is 6.05. The van der Waals surface area contributed by atoms with Crippen molar-refractivity contribution in [1.82, 2.24) is 15.0 Å². The van der Waals surface area contributed by atoms with Crippen LogP contribution in [0.15, 0.2) is 10.6 Å². The molecule has 138 valence electrons. The van der Waals surface area contributed by atoms with E-state index in [1.807, 2.05) is 11.0 Å². The van der Waals surface area contributed by atoms with Crippen LogP contribution in [0.3, 0.4) is 0 Å². The Bertz CT molecular complexity index is 857. The van der Waals surface area contributed by atoms with Crippen LogP contribution in [-0.2, 0) is 6.42 Å². The molecule has 2 aromatic rings. The Kier molecular flexibility index (Phi) is 3.78. The number of likely N-dealkylation sites (tertiary alicyclic amines) is 1. The van der Waals surface area contributed by atoms with Crippen molar-refractivity contribution in [2.75, 3.05) is 13.1 Å². The van der Waals surface area contributed by atoms with Crippen molar-refractivity contribution in [1.29, 1.82) is 0 Å². The van der Waals surface area contributed by atoms with Crippen molar-refractivity contribution in [3.05, 3.63) is 23.0 Å². The predicted molar refractivity (Wildman–Crippen MR) is 97.9 cm³/mol. The summed E-state index contributed by atoms with van der Waals surface area (Å²) < 4.78 is 5.51. The number of aryl methyl sites for hydroxylation is 1. The van der Waals surface area contributed by atoms with Crippen LogP contribution in [-0.4, -0.2) is 40.1 Å². The lowest BCUT2D eigenvalue weighted by Crippen LogP contribution is -2.33. The Morgan fingerprint density at radius 2 is 2.15 bits per heavy atom. The van der Waals surface area contributed by atoms with E-state index in [0.717, 1.165) is 74.0 Å². The molecule has 3 aliphatic rings. The highest BCUT2D eigenvalue weighted by Gasteiger charge is 2.43. The van der Waals surface area contributed by atoms with Crippen LogP contribution in [0.4, 0.5) is 0 Å². The average Bonchev–Trinajstić information content (AvgIpc) is 3.14. The minimum Gasteiger partial charge on any atom is -0.338 e. The van der Waals surface area contributed by atoms with Crippen molar-refractivity contribution in [3.8, 4) is 0 Å². The van der Waals surface area contributed by atoms with Gasteiger partial charge in [0.2, 0.25) is 0 Å². The van der Waals surface area contributed by atoms with Crippen LogP contribution in [0, 0.1) is 11.8 Å². The fraction of sp³-hybridized carbons (Fsp3) is 0.650. The van der Waals surface area contributed by atoms with Crippen LogP contribution in [0.2, 0.25) is 0 Å². The zero-order valence-electron chi connectivity index (χ0n) is 15.3. The molecule has 26 heavy (non-hydrogen) atoms. The minimum atomic E-state index is 0.0986. The van der Waals surface area contributed by atoms with Gasteiger partial charge in [0, 0.05) is 30.7 Å². The highest BCUT2D eigenvalue weighted by Crippen LogP contribution is 2.42. The summed E-state index contributed by atoms with van der Waals surface area (Å²) in [5.41, 5.74) is 9.36. The van der Waals surface area contributed by atoms with Gasteiger partial charge >= 0.3 is 0 Å². The minimum absolute atomic E-state index is 0.0986. The number of hydrogen-bond donors (Lipinski definition) is 1. The molecule has 3 atom stereocenters. The normalized spacial score (nSPS) is 28.1. The van der Waals surface area contributed by atoms with Gasteiger partial charge in [-0.15, -0.1) is 0 Å². The van der Waals surface area contributed by atoms with Gasteiger partial charge in [-0.05, 0) is 50.0 Å². The maximum atomic E-state index is 13.4. The first-order valence-corrected chi connectivity index (χ1v) is 9.99. The molecule has 2 N–H and O–H groups in total. The maximum absolute atomic E-state index is 13.4. The summed E-state index contributed by atoms with van der Waals surface area (Å²) in [4.78, 5) is 20.1. The van der Waals surface area contributed by atoms with Crippen molar-refractivity contribution in [3.63, 3.8) is 0 Å². The van der Waals surface area contributed by atoms with Gasteiger partial charge in [0.05, 0.1) is 16.6 Å². The highest BCUT2D eigenvalue weighted by atomic mass is 16.5. The lowest BCUT2D eigenvalue weighted by atomic mass is 9.98. The van der Waals surface area contributed by atoms with E-state index < -0.39 is 0 Å². The van der Waals surface area contributed by atoms with Gasteiger partial charge in [0.15, 0.2) is 0 Å². The molecule has 2 saturated carbocycles. The number of aromatic nitrogens is 2. The lowest BCUT2D eigenvalue weighted by Gasteiger charge is -2.19. The molecular formula is C20H26N4O2. The molecule has 2 aromatic heterocycles. The quantitative estimate of drug-likeness (QED) is 0.912. The smallest absolute Gasteiger partial charge is 0.259 e. The topological polar surface area (TPSA) is 85.2 Å². The molecule has 3 unspecified atom stereocenters. The lowest BCUT2D eigenvalue weighted by molar-refractivity contribution is 0.0781. The number of carbonyl (C=O) groups excluding carboxylic acids is 1. The van der Waals surface area contributed by atoms with Crippen LogP contribution in [0.1, 0.15) is 66.7 Å². The Labute approximate surface area is 153 Å². The van der Waals surface area contributed by atoms with Crippen molar-refractivity contribution < 1.29 is 9.32 Å². The zero-order valence-corrected chi connectivity index (χ0v) is 15.3. The van der Waals surface area contributed by atoms with Gasteiger partial charge in [-0.3, -0.25) is 4.79 Å². The third kappa shape index (κ3) is 2.54. The van der Waals surface area contributed by atoms with E-state index in [-0.39, 0.29) is 11.9 Å². The number of pyridine rings is 1. The molecule has 0 spiro atoms. The van der Waals surface area contributed by atoms with Crippen molar-refractivity contribution in [2.45, 2.75) is 57.4 Å². The van der Waals surface area contributed by atoms with Crippen LogP contribution >= 0.6 is 0 Å². The predicted octanol–water partition coefficient (Wildman–Crippen LogP) is 2.86. The number of fused-ring (bicyclic) bond motifs is 2. The SMILES string of the molecule is CCCc1noc2nc(C3CC3)cc(C(=O)N3CC4CCC(N)C4C3)c12. The van der Waals surface area contributed by atoms with E-state index in [4.69, 9.17) is 10.3 Å². The largest absolute Gasteiger partial charge is 0.338 e. The number of rotatable bonds is 4. The molecule has 3 fully saturated rings. The molecule has 5 rings (SSSR count). The Morgan fingerprint density at radius 3 is 2.88 bits per heavy atom. The first-order chi connectivity index (χ1) is 12.7. The van der Waals surface area contributed by atoms with E-state index in [1.165, 1.54) is 0 Å². The third-order valence-corrected chi connectivity index (χ3v) is 6.45. The van der Waals surface area contributed by atoms with E-state index in [9.17, 15) is 4.79 Å². The summed E-state index contributed by atoms with van der Waals surface area (Å²) in [6.07, 6.45) is 6.28. The molecule has 0 radical (unpaired) electrons. The second-order valence-corrected chi connectivity index (χ2v) is 8.30. The fourth-order valence-corrected chi connectivity index (χ4v) is 4.84. The molecule has 1 saturated heterocycles. The standard InChI is InChI=1S/C20H26N4O2/c1-2-3-16-18-13(8-17(11-4-5-11)22-19(18)26-23-16)20(25)24-9-12-6-7-15(21)14(12)10-24/h8,11-12,14-15H,2-7,9-10,21H2,1H3.